The maximum Gasteiger partial charge on any atom is 0.341 e. The zero-order chi connectivity index (χ0) is 12.1. The van der Waals surface area contributed by atoms with Crippen LogP contribution in [-0.2, 0) is 11.3 Å². The molecular formula is C11H14FNO3. The summed E-state index contributed by atoms with van der Waals surface area (Å²) >= 11 is 0. The van der Waals surface area contributed by atoms with Gasteiger partial charge in [0.1, 0.15) is 0 Å². The number of nitrogens with zero attached hydrogens (tertiary/aromatic N) is 1. The van der Waals surface area contributed by atoms with Gasteiger partial charge in [0.05, 0.1) is 0 Å². The molecule has 0 atom stereocenters. The third-order valence-electron chi connectivity index (χ3n) is 1.85. The Morgan fingerprint density at radius 3 is 2.69 bits per heavy atom. The van der Waals surface area contributed by atoms with E-state index in [0.717, 1.165) is 5.56 Å². The number of carbonyl (C=O) groups is 1. The van der Waals surface area contributed by atoms with Crippen LogP contribution in [0.25, 0.3) is 0 Å². The molecule has 1 rings (SSSR count). The Hall–Kier alpha value is -1.62. The maximum atomic E-state index is 13.4. The summed E-state index contributed by atoms with van der Waals surface area (Å²) in [7, 11) is 3.76. The van der Waals surface area contributed by atoms with Gasteiger partial charge in [0.2, 0.25) is 0 Å². The van der Waals surface area contributed by atoms with Crippen LogP contribution in [0, 0.1) is 5.82 Å². The molecule has 88 valence electrons. The fourth-order valence-corrected chi connectivity index (χ4v) is 1.26. The minimum absolute atomic E-state index is 0.0371. The number of benzene rings is 1. The molecule has 1 aromatic carbocycles. The Kier molecular flexibility index (Phi) is 4.25. The maximum absolute atomic E-state index is 13.4. The molecule has 0 saturated heterocycles. The van der Waals surface area contributed by atoms with Crippen molar-refractivity contribution >= 4 is 5.97 Å². The minimum atomic E-state index is -1.13. The van der Waals surface area contributed by atoms with Crippen LogP contribution in [0.15, 0.2) is 18.2 Å². The standard InChI is InChI=1S/C11H14FNO3/c1-13(2)6-8-3-4-10(9(12)5-8)16-7-11(14)15/h3-5H,6-7H2,1-2H3,(H,14,15). The first-order valence-electron chi connectivity index (χ1n) is 4.77. The second kappa shape index (κ2) is 5.46. The average molecular weight is 227 g/mol. The predicted molar refractivity (Wildman–Crippen MR) is 56.9 cm³/mol. The van der Waals surface area contributed by atoms with Gasteiger partial charge >= 0.3 is 5.97 Å². The van der Waals surface area contributed by atoms with Crippen molar-refractivity contribution in [2.75, 3.05) is 20.7 Å². The van der Waals surface area contributed by atoms with Gasteiger partial charge in [-0.2, -0.15) is 0 Å². The zero-order valence-corrected chi connectivity index (χ0v) is 9.24. The lowest BCUT2D eigenvalue weighted by Gasteiger charge is -2.11. The van der Waals surface area contributed by atoms with Crippen molar-refractivity contribution in [3.63, 3.8) is 0 Å². The van der Waals surface area contributed by atoms with Crippen molar-refractivity contribution in [3.05, 3.63) is 29.6 Å². The van der Waals surface area contributed by atoms with E-state index in [-0.39, 0.29) is 5.75 Å². The Morgan fingerprint density at radius 2 is 2.19 bits per heavy atom. The number of hydrogen-bond acceptors (Lipinski definition) is 3. The summed E-state index contributed by atoms with van der Waals surface area (Å²) < 4.78 is 18.2. The molecule has 0 aliphatic carbocycles. The molecular weight excluding hydrogens is 213 g/mol. The summed E-state index contributed by atoms with van der Waals surface area (Å²) in [5.41, 5.74) is 0.810. The number of rotatable bonds is 5. The average Bonchev–Trinajstić information content (AvgIpc) is 2.15. The van der Waals surface area contributed by atoms with Crippen LogP contribution in [0.2, 0.25) is 0 Å². The van der Waals surface area contributed by atoms with E-state index in [1.165, 1.54) is 12.1 Å². The lowest BCUT2D eigenvalue weighted by Crippen LogP contribution is -2.12. The van der Waals surface area contributed by atoms with Gasteiger partial charge in [-0.25, -0.2) is 9.18 Å². The third kappa shape index (κ3) is 3.86. The Morgan fingerprint density at radius 1 is 1.50 bits per heavy atom. The van der Waals surface area contributed by atoms with E-state index in [2.05, 4.69) is 0 Å². The predicted octanol–water partition coefficient (Wildman–Crippen LogP) is 1.35. The fraction of sp³-hybridized carbons (Fsp3) is 0.364. The molecule has 4 nitrogen and oxygen atoms in total. The van der Waals surface area contributed by atoms with E-state index in [0.29, 0.717) is 6.54 Å². The van der Waals surface area contributed by atoms with E-state index in [4.69, 9.17) is 9.84 Å². The first-order valence-corrected chi connectivity index (χ1v) is 4.77. The fourth-order valence-electron chi connectivity index (χ4n) is 1.26. The van der Waals surface area contributed by atoms with Crippen LogP contribution < -0.4 is 4.74 Å². The van der Waals surface area contributed by atoms with Crippen LogP contribution in [0.4, 0.5) is 4.39 Å². The molecule has 0 fully saturated rings. The number of halogens is 1. The molecule has 0 heterocycles. The van der Waals surface area contributed by atoms with Gasteiger partial charge in [-0.3, -0.25) is 0 Å². The van der Waals surface area contributed by atoms with Gasteiger partial charge in [0.15, 0.2) is 18.2 Å². The molecule has 0 bridgehead atoms. The van der Waals surface area contributed by atoms with Gasteiger partial charge in [-0.15, -0.1) is 0 Å². The van der Waals surface area contributed by atoms with E-state index >= 15 is 0 Å². The Labute approximate surface area is 93.3 Å². The lowest BCUT2D eigenvalue weighted by atomic mass is 10.2. The highest BCUT2D eigenvalue weighted by atomic mass is 19.1. The normalized spacial score (nSPS) is 10.5. The van der Waals surface area contributed by atoms with Crippen molar-refractivity contribution in [1.29, 1.82) is 0 Å². The molecule has 16 heavy (non-hydrogen) atoms. The lowest BCUT2D eigenvalue weighted by molar-refractivity contribution is -0.139. The molecule has 0 aliphatic heterocycles. The summed E-state index contributed by atoms with van der Waals surface area (Å²) in [5.74, 6) is -1.71. The first kappa shape index (κ1) is 12.4. The quantitative estimate of drug-likeness (QED) is 0.825. The van der Waals surface area contributed by atoms with E-state index in [1.807, 2.05) is 19.0 Å². The monoisotopic (exact) mass is 227 g/mol. The second-order valence-electron chi connectivity index (χ2n) is 3.68. The highest BCUT2D eigenvalue weighted by molar-refractivity contribution is 5.68. The van der Waals surface area contributed by atoms with E-state index in [9.17, 15) is 9.18 Å². The molecule has 0 aromatic heterocycles. The third-order valence-corrected chi connectivity index (χ3v) is 1.85. The van der Waals surface area contributed by atoms with Gasteiger partial charge in [0.25, 0.3) is 0 Å². The first-order chi connectivity index (χ1) is 7.49. The van der Waals surface area contributed by atoms with Crippen LogP contribution >= 0.6 is 0 Å². The topological polar surface area (TPSA) is 49.8 Å². The van der Waals surface area contributed by atoms with Crippen molar-refractivity contribution in [1.82, 2.24) is 4.90 Å². The molecule has 1 aromatic rings. The molecule has 0 spiro atoms. The highest BCUT2D eigenvalue weighted by Gasteiger charge is 2.07. The molecule has 5 heteroatoms. The smallest absolute Gasteiger partial charge is 0.341 e. The number of carboxylic acid groups (broad SMARTS) is 1. The van der Waals surface area contributed by atoms with E-state index in [1.54, 1.807) is 6.07 Å². The largest absolute Gasteiger partial charge is 0.479 e. The Bertz CT molecular complexity index is 379. The molecule has 0 amide bonds. The van der Waals surface area contributed by atoms with Gasteiger partial charge in [-0.05, 0) is 31.8 Å². The van der Waals surface area contributed by atoms with Gasteiger partial charge < -0.3 is 14.7 Å². The summed E-state index contributed by atoms with van der Waals surface area (Å²) in [4.78, 5) is 12.2. The summed E-state index contributed by atoms with van der Waals surface area (Å²) in [5, 5.41) is 8.39. The van der Waals surface area contributed by atoms with Crippen molar-refractivity contribution in [2.24, 2.45) is 0 Å². The SMILES string of the molecule is CN(C)Cc1ccc(OCC(=O)O)c(F)c1. The van der Waals surface area contributed by atoms with Crippen molar-refractivity contribution < 1.29 is 19.0 Å². The molecule has 0 radical (unpaired) electrons. The number of carboxylic acids is 1. The summed E-state index contributed by atoms with van der Waals surface area (Å²) in [6, 6.07) is 4.49. The molecule has 0 unspecified atom stereocenters. The van der Waals surface area contributed by atoms with Gasteiger partial charge in [-0.1, -0.05) is 6.07 Å². The van der Waals surface area contributed by atoms with Gasteiger partial charge in [0, 0.05) is 6.54 Å². The number of hydrogen-bond donors (Lipinski definition) is 1. The Balaban J connectivity index is 2.71. The molecule has 0 saturated carbocycles. The minimum Gasteiger partial charge on any atom is -0.479 e. The summed E-state index contributed by atoms with van der Waals surface area (Å²) in [6.45, 7) is 0.0834. The second-order valence-corrected chi connectivity index (χ2v) is 3.68. The van der Waals surface area contributed by atoms with Crippen LogP contribution in [0.5, 0.6) is 5.75 Å². The van der Waals surface area contributed by atoms with Crippen molar-refractivity contribution in [3.8, 4) is 5.75 Å². The number of ether oxygens (including phenoxy) is 1. The van der Waals surface area contributed by atoms with Crippen LogP contribution in [0.3, 0.4) is 0 Å². The molecule has 0 aliphatic rings. The highest BCUT2D eigenvalue weighted by Crippen LogP contribution is 2.18. The molecule has 1 N–H and O–H groups in total. The van der Waals surface area contributed by atoms with Crippen LogP contribution in [-0.4, -0.2) is 36.7 Å². The van der Waals surface area contributed by atoms with E-state index < -0.39 is 18.4 Å². The zero-order valence-electron chi connectivity index (χ0n) is 9.24. The summed E-state index contributed by atoms with van der Waals surface area (Å²) in [6.07, 6.45) is 0. The number of aliphatic carboxylic acids is 1. The van der Waals surface area contributed by atoms with Crippen molar-refractivity contribution in [2.45, 2.75) is 6.54 Å². The van der Waals surface area contributed by atoms with Crippen LogP contribution in [0.1, 0.15) is 5.56 Å².